The van der Waals surface area contributed by atoms with E-state index in [-0.39, 0.29) is 19.0 Å². The zero-order chi connectivity index (χ0) is 17.9. The second kappa shape index (κ2) is 7.04. The van der Waals surface area contributed by atoms with E-state index in [0.717, 1.165) is 9.87 Å². The number of amides is 2. The van der Waals surface area contributed by atoms with E-state index in [1.54, 1.807) is 24.3 Å². The number of nitrogens with one attached hydrogen (secondary N) is 2. The molecule has 2 amide bonds. The van der Waals surface area contributed by atoms with E-state index in [0.29, 0.717) is 17.7 Å². The third-order valence-corrected chi connectivity index (χ3v) is 5.20. The SMILES string of the molecule is O=C1CN(Cc2ccc(C(=O)NCc3ccccc3)cc2)S(=O)(=O)N1. The van der Waals surface area contributed by atoms with Gasteiger partial charge in [0.15, 0.2) is 0 Å². The van der Waals surface area contributed by atoms with E-state index in [4.69, 9.17) is 0 Å². The Labute approximate surface area is 145 Å². The summed E-state index contributed by atoms with van der Waals surface area (Å²) in [5.41, 5.74) is 2.18. The minimum Gasteiger partial charge on any atom is -0.348 e. The van der Waals surface area contributed by atoms with Crippen molar-refractivity contribution in [1.29, 1.82) is 0 Å². The van der Waals surface area contributed by atoms with Gasteiger partial charge in [0.05, 0.1) is 6.54 Å². The number of nitrogens with zero attached hydrogens (tertiary/aromatic N) is 1. The standard InChI is InChI=1S/C17H17N3O4S/c21-16-12-20(25(23,24)19-16)11-14-6-8-15(9-7-14)17(22)18-10-13-4-2-1-3-5-13/h1-9H,10-12H2,(H,18,22)(H,19,21). The first-order valence-corrected chi connectivity index (χ1v) is 9.10. The molecule has 0 unspecified atom stereocenters. The normalized spacial score (nSPS) is 16.4. The molecule has 7 nitrogen and oxygen atoms in total. The van der Waals surface area contributed by atoms with Crippen LogP contribution in [0.15, 0.2) is 54.6 Å². The molecule has 1 fully saturated rings. The summed E-state index contributed by atoms with van der Waals surface area (Å²) in [4.78, 5) is 23.4. The van der Waals surface area contributed by atoms with Gasteiger partial charge in [0.25, 0.3) is 5.91 Å². The number of benzene rings is 2. The Morgan fingerprint density at radius 3 is 2.32 bits per heavy atom. The molecule has 8 heteroatoms. The molecular weight excluding hydrogens is 342 g/mol. The second-order valence-corrected chi connectivity index (χ2v) is 7.33. The molecule has 0 aliphatic carbocycles. The van der Waals surface area contributed by atoms with Gasteiger partial charge in [-0.3, -0.25) is 9.59 Å². The fourth-order valence-electron chi connectivity index (χ4n) is 2.47. The zero-order valence-corrected chi connectivity index (χ0v) is 14.1. The van der Waals surface area contributed by atoms with Crippen LogP contribution >= 0.6 is 0 Å². The molecule has 3 rings (SSSR count). The molecule has 2 aromatic rings. The maximum absolute atomic E-state index is 12.1. The van der Waals surface area contributed by atoms with Crippen LogP contribution in [-0.2, 0) is 28.1 Å². The molecule has 2 aromatic carbocycles. The quantitative estimate of drug-likeness (QED) is 0.825. The molecule has 130 valence electrons. The first-order valence-electron chi connectivity index (χ1n) is 7.66. The lowest BCUT2D eigenvalue weighted by molar-refractivity contribution is -0.118. The van der Waals surface area contributed by atoms with Gasteiger partial charge >= 0.3 is 10.2 Å². The van der Waals surface area contributed by atoms with Crippen LogP contribution in [0.3, 0.4) is 0 Å². The molecule has 1 heterocycles. The number of carbonyl (C=O) groups is 2. The minimum atomic E-state index is -3.75. The van der Waals surface area contributed by atoms with Crippen molar-refractivity contribution in [3.8, 4) is 0 Å². The fourth-order valence-corrected chi connectivity index (χ4v) is 3.56. The van der Waals surface area contributed by atoms with E-state index in [2.05, 4.69) is 5.32 Å². The van der Waals surface area contributed by atoms with Crippen molar-refractivity contribution in [1.82, 2.24) is 14.3 Å². The van der Waals surface area contributed by atoms with Gasteiger partial charge in [0.2, 0.25) is 5.91 Å². The summed E-state index contributed by atoms with van der Waals surface area (Å²) in [5, 5.41) is 2.83. The number of hydrogen-bond acceptors (Lipinski definition) is 4. The molecule has 25 heavy (non-hydrogen) atoms. The van der Waals surface area contributed by atoms with E-state index in [1.807, 2.05) is 35.1 Å². The van der Waals surface area contributed by atoms with E-state index >= 15 is 0 Å². The summed E-state index contributed by atoms with van der Waals surface area (Å²) in [6, 6.07) is 16.2. The Bertz CT molecular complexity index is 880. The lowest BCUT2D eigenvalue weighted by Gasteiger charge is -2.12. The highest BCUT2D eigenvalue weighted by Crippen LogP contribution is 2.13. The summed E-state index contributed by atoms with van der Waals surface area (Å²) >= 11 is 0. The Hall–Kier alpha value is -2.71. The Morgan fingerprint density at radius 1 is 1.04 bits per heavy atom. The van der Waals surface area contributed by atoms with Gasteiger partial charge in [-0.1, -0.05) is 42.5 Å². The van der Waals surface area contributed by atoms with Crippen molar-refractivity contribution in [2.45, 2.75) is 13.1 Å². The van der Waals surface area contributed by atoms with Crippen LogP contribution in [0, 0.1) is 0 Å². The van der Waals surface area contributed by atoms with Gasteiger partial charge in [-0.2, -0.15) is 12.7 Å². The van der Waals surface area contributed by atoms with Crippen LogP contribution < -0.4 is 10.0 Å². The smallest absolute Gasteiger partial charge is 0.304 e. The predicted molar refractivity (Wildman–Crippen MR) is 91.5 cm³/mol. The lowest BCUT2D eigenvalue weighted by atomic mass is 10.1. The Kier molecular flexibility index (Phi) is 4.82. The predicted octanol–water partition coefficient (Wildman–Crippen LogP) is 0.793. The fraction of sp³-hybridized carbons (Fsp3) is 0.176. The highest BCUT2D eigenvalue weighted by Gasteiger charge is 2.33. The molecule has 0 saturated carbocycles. The van der Waals surface area contributed by atoms with Crippen LogP contribution in [0.2, 0.25) is 0 Å². The number of hydrogen-bond donors (Lipinski definition) is 2. The molecule has 1 aliphatic rings. The van der Waals surface area contributed by atoms with Crippen molar-refractivity contribution in [2.75, 3.05) is 6.54 Å². The van der Waals surface area contributed by atoms with E-state index < -0.39 is 16.1 Å². The maximum Gasteiger partial charge on any atom is 0.304 e. The van der Waals surface area contributed by atoms with Crippen molar-refractivity contribution in [2.24, 2.45) is 0 Å². The third kappa shape index (κ3) is 4.23. The molecule has 1 saturated heterocycles. The van der Waals surface area contributed by atoms with Crippen molar-refractivity contribution >= 4 is 22.0 Å². The monoisotopic (exact) mass is 359 g/mol. The second-order valence-electron chi connectivity index (χ2n) is 5.66. The maximum atomic E-state index is 12.1. The largest absolute Gasteiger partial charge is 0.348 e. The van der Waals surface area contributed by atoms with Crippen LogP contribution in [0.1, 0.15) is 21.5 Å². The number of rotatable bonds is 5. The van der Waals surface area contributed by atoms with Crippen molar-refractivity contribution in [3.05, 3.63) is 71.3 Å². The molecule has 0 bridgehead atoms. The van der Waals surface area contributed by atoms with Gasteiger partial charge in [-0.15, -0.1) is 0 Å². The zero-order valence-electron chi connectivity index (χ0n) is 13.3. The van der Waals surface area contributed by atoms with Gasteiger partial charge in [-0.05, 0) is 23.3 Å². The first-order chi connectivity index (χ1) is 11.9. The topological polar surface area (TPSA) is 95.6 Å². The third-order valence-electron chi connectivity index (χ3n) is 3.77. The van der Waals surface area contributed by atoms with Crippen LogP contribution in [0.5, 0.6) is 0 Å². The minimum absolute atomic E-state index is 0.0764. The summed E-state index contributed by atoms with van der Waals surface area (Å²) in [7, 11) is -3.75. The summed E-state index contributed by atoms with van der Waals surface area (Å²) < 4.78 is 26.4. The number of carbonyl (C=O) groups excluding carboxylic acids is 2. The molecular formula is C17H17N3O4S. The molecule has 1 aliphatic heterocycles. The van der Waals surface area contributed by atoms with Crippen LogP contribution in [0.4, 0.5) is 0 Å². The summed E-state index contributed by atoms with van der Waals surface area (Å²) in [6.45, 7) is 0.315. The van der Waals surface area contributed by atoms with Crippen molar-refractivity contribution < 1.29 is 18.0 Å². The average Bonchev–Trinajstić information content (AvgIpc) is 2.86. The average molecular weight is 359 g/mol. The summed E-state index contributed by atoms with van der Waals surface area (Å²) in [6.07, 6.45) is 0. The van der Waals surface area contributed by atoms with Gasteiger partial charge in [-0.25, -0.2) is 4.72 Å². The van der Waals surface area contributed by atoms with Crippen molar-refractivity contribution in [3.63, 3.8) is 0 Å². The Balaban J connectivity index is 1.60. The van der Waals surface area contributed by atoms with E-state index in [9.17, 15) is 18.0 Å². The van der Waals surface area contributed by atoms with Crippen LogP contribution in [-0.4, -0.2) is 31.1 Å². The molecule has 2 N–H and O–H groups in total. The molecule has 0 aromatic heterocycles. The van der Waals surface area contributed by atoms with Gasteiger partial charge in [0.1, 0.15) is 0 Å². The lowest BCUT2D eigenvalue weighted by Crippen LogP contribution is -2.29. The highest BCUT2D eigenvalue weighted by atomic mass is 32.2. The summed E-state index contributed by atoms with van der Waals surface area (Å²) in [5.74, 6) is -0.752. The van der Waals surface area contributed by atoms with Gasteiger partial charge in [0, 0.05) is 18.7 Å². The highest BCUT2D eigenvalue weighted by molar-refractivity contribution is 7.88. The first kappa shape index (κ1) is 17.1. The van der Waals surface area contributed by atoms with Crippen LogP contribution in [0.25, 0.3) is 0 Å². The molecule has 0 spiro atoms. The Morgan fingerprint density at radius 2 is 1.72 bits per heavy atom. The van der Waals surface area contributed by atoms with Gasteiger partial charge < -0.3 is 5.32 Å². The molecule has 0 atom stereocenters. The molecule has 0 radical (unpaired) electrons. The van der Waals surface area contributed by atoms with E-state index in [1.165, 1.54) is 0 Å².